The standard InChI is InChI=1S/C5H11NO/c7-4-2-5-1-3-6-5/h5-7H,1-4H2/t5-/m1/s1. The fourth-order valence-corrected chi connectivity index (χ4v) is 0.751. The Morgan fingerprint density at radius 2 is 2.43 bits per heavy atom. The third kappa shape index (κ3) is 1.14. The van der Waals surface area contributed by atoms with Gasteiger partial charge in [-0.05, 0) is 19.4 Å². The maximum Gasteiger partial charge on any atom is 0.0445 e. The molecule has 0 radical (unpaired) electrons. The van der Waals surface area contributed by atoms with Crippen molar-refractivity contribution in [2.75, 3.05) is 13.2 Å². The second-order valence-electron chi connectivity index (χ2n) is 1.95. The molecular formula is C5H11NO. The number of aliphatic hydroxyl groups excluding tert-OH is 1. The van der Waals surface area contributed by atoms with Gasteiger partial charge in [-0.2, -0.15) is 0 Å². The summed E-state index contributed by atoms with van der Waals surface area (Å²) < 4.78 is 0. The van der Waals surface area contributed by atoms with Gasteiger partial charge in [-0.25, -0.2) is 0 Å². The minimum Gasteiger partial charge on any atom is -0.396 e. The molecule has 0 aliphatic carbocycles. The summed E-state index contributed by atoms with van der Waals surface area (Å²) in [4.78, 5) is 0. The van der Waals surface area contributed by atoms with Crippen molar-refractivity contribution in [3.8, 4) is 0 Å². The molecule has 1 rings (SSSR count). The molecule has 0 spiro atoms. The Morgan fingerprint density at radius 3 is 2.57 bits per heavy atom. The predicted molar refractivity (Wildman–Crippen MR) is 28.1 cm³/mol. The van der Waals surface area contributed by atoms with Gasteiger partial charge in [-0.3, -0.25) is 0 Å². The van der Waals surface area contributed by atoms with Crippen molar-refractivity contribution in [3.05, 3.63) is 0 Å². The summed E-state index contributed by atoms with van der Waals surface area (Å²) in [7, 11) is 0. The fraction of sp³-hybridized carbons (Fsp3) is 1.00. The van der Waals surface area contributed by atoms with Gasteiger partial charge in [0.25, 0.3) is 0 Å². The molecule has 2 nitrogen and oxygen atoms in total. The highest BCUT2D eigenvalue weighted by atomic mass is 16.3. The van der Waals surface area contributed by atoms with Crippen molar-refractivity contribution < 1.29 is 5.11 Å². The van der Waals surface area contributed by atoms with Crippen LogP contribution >= 0.6 is 0 Å². The fourth-order valence-electron chi connectivity index (χ4n) is 0.751. The number of nitrogens with one attached hydrogen (secondary N) is 1. The number of aliphatic hydroxyl groups is 1. The highest BCUT2D eigenvalue weighted by Gasteiger charge is 2.13. The van der Waals surface area contributed by atoms with E-state index in [4.69, 9.17) is 5.11 Å². The Balaban J connectivity index is 1.93. The smallest absolute Gasteiger partial charge is 0.0445 e. The van der Waals surface area contributed by atoms with Crippen LogP contribution in [0.2, 0.25) is 0 Å². The predicted octanol–water partition coefficient (Wildman–Crippen LogP) is -0.269. The lowest BCUT2D eigenvalue weighted by Gasteiger charge is -2.26. The lowest BCUT2D eigenvalue weighted by Crippen LogP contribution is -2.43. The van der Waals surface area contributed by atoms with Gasteiger partial charge >= 0.3 is 0 Å². The monoisotopic (exact) mass is 101 g/mol. The highest BCUT2D eigenvalue weighted by Crippen LogP contribution is 2.04. The van der Waals surface area contributed by atoms with Crippen molar-refractivity contribution in [2.45, 2.75) is 18.9 Å². The number of hydrogen-bond donors (Lipinski definition) is 2. The summed E-state index contributed by atoms with van der Waals surface area (Å²) in [5.41, 5.74) is 0. The number of rotatable bonds is 2. The van der Waals surface area contributed by atoms with Crippen LogP contribution in [0.5, 0.6) is 0 Å². The zero-order chi connectivity index (χ0) is 5.11. The van der Waals surface area contributed by atoms with Crippen molar-refractivity contribution >= 4 is 0 Å². The molecule has 0 aromatic heterocycles. The summed E-state index contributed by atoms with van der Waals surface area (Å²) in [5, 5.41) is 11.5. The molecule has 0 bridgehead atoms. The second-order valence-corrected chi connectivity index (χ2v) is 1.95. The summed E-state index contributed by atoms with van der Waals surface area (Å²) in [5.74, 6) is 0. The van der Waals surface area contributed by atoms with Crippen LogP contribution in [0.25, 0.3) is 0 Å². The first-order valence-electron chi connectivity index (χ1n) is 2.77. The Kier molecular flexibility index (Phi) is 1.65. The molecule has 1 saturated heterocycles. The summed E-state index contributed by atoms with van der Waals surface area (Å²) in [6, 6.07) is 0.630. The molecule has 1 aliphatic heterocycles. The van der Waals surface area contributed by atoms with Crippen LogP contribution in [0.15, 0.2) is 0 Å². The Hall–Kier alpha value is -0.0800. The zero-order valence-corrected chi connectivity index (χ0v) is 4.35. The van der Waals surface area contributed by atoms with Gasteiger partial charge in [0.15, 0.2) is 0 Å². The van der Waals surface area contributed by atoms with E-state index in [-0.39, 0.29) is 0 Å². The molecule has 42 valence electrons. The normalized spacial score (nSPS) is 29.6. The van der Waals surface area contributed by atoms with E-state index in [0.717, 1.165) is 13.0 Å². The average Bonchev–Trinajstić information content (AvgIpc) is 1.55. The van der Waals surface area contributed by atoms with Crippen LogP contribution in [0.4, 0.5) is 0 Å². The van der Waals surface area contributed by atoms with Crippen LogP contribution in [-0.2, 0) is 0 Å². The van der Waals surface area contributed by atoms with Gasteiger partial charge in [0, 0.05) is 12.6 Å². The van der Waals surface area contributed by atoms with Crippen LogP contribution in [0.1, 0.15) is 12.8 Å². The van der Waals surface area contributed by atoms with E-state index in [2.05, 4.69) is 5.32 Å². The second kappa shape index (κ2) is 2.28. The molecule has 2 heteroatoms. The molecule has 1 heterocycles. The van der Waals surface area contributed by atoms with E-state index in [9.17, 15) is 0 Å². The van der Waals surface area contributed by atoms with E-state index < -0.39 is 0 Å². The largest absolute Gasteiger partial charge is 0.396 e. The lowest BCUT2D eigenvalue weighted by atomic mass is 10.1. The minimum absolute atomic E-state index is 0.331. The topological polar surface area (TPSA) is 32.3 Å². The molecule has 0 amide bonds. The SMILES string of the molecule is OCC[C@H]1CCN1. The first kappa shape index (κ1) is 5.06. The molecule has 0 saturated carbocycles. The van der Waals surface area contributed by atoms with E-state index >= 15 is 0 Å². The van der Waals surface area contributed by atoms with Crippen molar-refractivity contribution in [3.63, 3.8) is 0 Å². The molecule has 7 heavy (non-hydrogen) atoms. The summed E-state index contributed by atoms with van der Waals surface area (Å²) in [6.45, 7) is 1.47. The van der Waals surface area contributed by atoms with Gasteiger partial charge in [-0.1, -0.05) is 0 Å². The molecule has 1 atom stereocenters. The average molecular weight is 101 g/mol. The van der Waals surface area contributed by atoms with E-state index in [0.29, 0.717) is 12.6 Å². The molecular weight excluding hydrogens is 90.1 g/mol. The van der Waals surface area contributed by atoms with E-state index in [1.54, 1.807) is 0 Å². The Labute approximate surface area is 43.5 Å². The maximum absolute atomic E-state index is 8.36. The lowest BCUT2D eigenvalue weighted by molar-refractivity contribution is 0.236. The molecule has 1 fully saturated rings. The first-order valence-corrected chi connectivity index (χ1v) is 2.77. The van der Waals surface area contributed by atoms with Gasteiger partial charge < -0.3 is 10.4 Å². The van der Waals surface area contributed by atoms with Crippen molar-refractivity contribution in [2.24, 2.45) is 0 Å². The van der Waals surface area contributed by atoms with Gasteiger partial charge in [0.2, 0.25) is 0 Å². The van der Waals surface area contributed by atoms with Gasteiger partial charge in [-0.15, -0.1) is 0 Å². The van der Waals surface area contributed by atoms with Crippen LogP contribution < -0.4 is 5.32 Å². The number of hydrogen-bond acceptors (Lipinski definition) is 2. The summed E-state index contributed by atoms with van der Waals surface area (Å²) in [6.07, 6.45) is 2.18. The Morgan fingerprint density at radius 1 is 1.71 bits per heavy atom. The van der Waals surface area contributed by atoms with Crippen LogP contribution in [0.3, 0.4) is 0 Å². The Bertz CT molecular complexity index is 52.0. The van der Waals surface area contributed by atoms with Gasteiger partial charge in [0.05, 0.1) is 0 Å². The summed E-state index contributed by atoms with van der Waals surface area (Å²) >= 11 is 0. The van der Waals surface area contributed by atoms with Crippen LogP contribution in [-0.4, -0.2) is 24.3 Å². The van der Waals surface area contributed by atoms with Crippen molar-refractivity contribution in [1.29, 1.82) is 0 Å². The quantitative estimate of drug-likeness (QED) is 0.502. The maximum atomic E-state index is 8.36. The first-order chi connectivity index (χ1) is 3.43. The van der Waals surface area contributed by atoms with Crippen molar-refractivity contribution in [1.82, 2.24) is 5.32 Å². The molecule has 0 aromatic rings. The minimum atomic E-state index is 0.331. The van der Waals surface area contributed by atoms with Gasteiger partial charge in [0.1, 0.15) is 0 Å². The van der Waals surface area contributed by atoms with E-state index in [1.807, 2.05) is 0 Å². The third-order valence-electron chi connectivity index (χ3n) is 1.40. The van der Waals surface area contributed by atoms with E-state index in [1.165, 1.54) is 6.42 Å². The zero-order valence-electron chi connectivity index (χ0n) is 4.35. The molecule has 1 aliphatic rings. The molecule has 2 N–H and O–H groups in total. The third-order valence-corrected chi connectivity index (χ3v) is 1.40. The molecule has 0 unspecified atom stereocenters. The highest BCUT2D eigenvalue weighted by molar-refractivity contribution is 4.76. The van der Waals surface area contributed by atoms with Crippen LogP contribution in [0, 0.1) is 0 Å². The molecule has 0 aromatic carbocycles.